The molecular formula is C19H26N6O3S2. The van der Waals surface area contributed by atoms with Gasteiger partial charge in [0.25, 0.3) is 10.0 Å². The van der Waals surface area contributed by atoms with E-state index in [2.05, 4.69) is 25.0 Å². The van der Waals surface area contributed by atoms with Gasteiger partial charge in [0.2, 0.25) is 0 Å². The lowest BCUT2D eigenvalue weighted by Gasteiger charge is -2.16. The molecule has 2 atom stereocenters. The summed E-state index contributed by atoms with van der Waals surface area (Å²) in [5.41, 5.74) is 1.11. The molecule has 1 aliphatic rings. The maximum atomic E-state index is 12.8. The van der Waals surface area contributed by atoms with Crippen LogP contribution in [0.25, 0.3) is 0 Å². The maximum Gasteiger partial charge on any atom is 0.258 e. The largest absolute Gasteiger partial charge is 0.394 e. The summed E-state index contributed by atoms with van der Waals surface area (Å²) >= 11 is 1.40. The van der Waals surface area contributed by atoms with Crippen molar-refractivity contribution in [1.82, 2.24) is 14.9 Å². The quantitative estimate of drug-likeness (QED) is 0.392. The lowest BCUT2D eigenvalue weighted by molar-refractivity contribution is 0.281. The molecule has 0 aliphatic carbocycles. The summed E-state index contributed by atoms with van der Waals surface area (Å²) in [7, 11) is -1.97. The molecule has 0 radical (unpaired) electrons. The number of rotatable bonds is 9. The smallest absolute Gasteiger partial charge is 0.258 e. The summed E-state index contributed by atoms with van der Waals surface area (Å²) in [6, 6.07) is 11.1. The van der Waals surface area contributed by atoms with Crippen molar-refractivity contribution in [1.29, 1.82) is 0 Å². The summed E-state index contributed by atoms with van der Waals surface area (Å²) in [6.07, 6.45) is 0. The first-order valence-electron chi connectivity index (χ1n) is 9.47. The number of likely N-dealkylation sites (N-methyl/N-ethyl adjacent to an activating group) is 1. The minimum atomic E-state index is -3.77. The third-order valence-electron chi connectivity index (χ3n) is 4.50. The number of sulfonamides is 1. The van der Waals surface area contributed by atoms with Gasteiger partial charge in [0.1, 0.15) is 11.6 Å². The minimum Gasteiger partial charge on any atom is -0.394 e. The van der Waals surface area contributed by atoms with Crippen molar-refractivity contribution in [3.63, 3.8) is 0 Å². The third kappa shape index (κ3) is 5.83. The molecule has 1 aromatic carbocycles. The Hall–Kier alpha value is -2.37. The number of anilines is 2. The third-order valence-corrected chi connectivity index (χ3v) is 6.89. The SMILES string of the molecule is CC1=NC(S(=O)(=O)Nc2cc(N[C@H](C)CO)nc(SCc3ccccc3)n2)CN1C. The summed E-state index contributed by atoms with van der Waals surface area (Å²) in [5, 5.41) is 11.9. The topological polar surface area (TPSA) is 120 Å². The summed E-state index contributed by atoms with van der Waals surface area (Å²) in [4.78, 5) is 14.8. The van der Waals surface area contributed by atoms with E-state index in [-0.39, 0.29) is 25.0 Å². The first kappa shape index (κ1) is 22.3. The molecule has 9 nitrogen and oxygen atoms in total. The zero-order valence-corrected chi connectivity index (χ0v) is 18.7. The molecule has 0 amide bonds. The van der Waals surface area contributed by atoms with Gasteiger partial charge in [-0.2, -0.15) is 0 Å². The van der Waals surface area contributed by atoms with Crippen LogP contribution in [0.4, 0.5) is 11.6 Å². The number of aromatic nitrogens is 2. The molecule has 0 fully saturated rings. The highest BCUT2D eigenvalue weighted by atomic mass is 32.2. The van der Waals surface area contributed by atoms with E-state index in [1.54, 1.807) is 25.8 Å². The number of thioether (sulfide) groups is 1. The van der Waals surface area contributed by atoms with Crippen LogP contribution >= 0.6 is 11.8 Å². The molecule has 1 aromatic heterocycles. The fraction of sp³-hybridized carbons (Fsp3) is 0.421. The zero-order valence-electron chi connectivity index (χ0n) is 17.1. The van der Waals surface area contributed by atoms with Gasteiger partial charge in [0, 0.05) is 24.9 Å². The van der Waals surface area contributed by atoms with Gasteiger partial charge in [-0.3, -0.25) is 4.72 Å². The van der Waals surface area contributed by atoms with Crippen molar-refractivity contribution in [2.75, 3.05) is 30.2 Å². The highest BCUT2D eigenvalue weighted by Crippen LogP contribution is 2.25. The molecular weight excluding hydrogens is 424 g/mol. The molecule has 3 N–H and O–H groups in total. The predicted octanol–water partition coefficient (Wildman–Crippen LogP) is 1.99. The van der Waals surface area contributed by atoms with Crippen LogP contribution in [0.3, 0.4) is 0 Å². The lowest BCUT2D eigenvalue weighted by Crippen LogP contribution is -2.32. The number of amidine groups is 1. The van der Waals surface area contributed by atoms with E-state index >= 15 is 0 Å². The van der Waals surface area contributed by atoms with Crippen LogP contribution in [0.2, 0.25) is 0 Å². The van der Waals surface area contributed by atoms with Crippen LogP contribution in [0.5, 0.6) is 0 Å². The Balaban J connectivity index is 1.82. The van der Waals surface area contributed by atoms with E-state index in [1.807, 2.05) is 30.3 Å². The molecule has 1 aliphatic heterocycles. The summed E-state index contributed by atoms with van der Waals surface area (Å²) in [5.74, 6) is 1.91. The molecule has 11 heteroatoms. The maximum absolute atomic E-state index is 12.8. The Morgan fingerprint density at radius 2 is 1.97 bits per heavy atom. The zero-order chi connectivity index (χ0) is 21.7. The van der Waals surface area contributed by atoms with Gasteiger partial charge in [-0.05, 0) is 19.4 Å². The van der Waals surface area contributed by atoms with E-state index in [1.165, 1.54) is 17.8 Å². The Morgan fingerprint density at radius 3 is 2.60 bits per heavy atom. The van der Waals surface area contributed by atoms with Gasteiger partial charge in [0.15, 0.2) is 10.5 Å². The Kier molecular flexibility index (Phi) is 7.16. The second-order valence-corrected chi connectivity index (χ2v) is 9.86. The van der Waals surface area contributed by atoms with Gasteiger partial charge in [-0.25, -0.2) is 23.4 Å². The van der Waals surface area contributed by atoms with Gasteiger partial charge in [-0.15, -0.1) is 0 Å². The first-order valence-corrected chi connectivity index (χ1v) is 12.0. The Bertz CT molecular complexity index is 1000. The number of aliphatic imine (C=N–C) groups is 1. The van der Waals surface area contributed by atoms with Crippen molar-refractivity contribution < 1.29 is 13.5 Å². The number of nitrogens with one attached hydrogen (secondary N) is 2. The van der Waals surface area contributed by atoms with Crippen LogP contribution in [0.1, 0.15) is 19.4 Å². The highest BCUT2D eigenvalue weighted by molar-refractivity contribution is 7.98. The summed E-state index contributed by atoms with van der Waals surface area (Å²) in [6.45, 7) is 3.78. The van der Waals surface area contributed by atoms with Crippen LogP contribution in [-0.4, -0.2) is 65.8 Å². The van der Waals surface area contributed by atoms with Crippen molar-refractivity contribution in [2.45, 2.75) is 36.2 Å². The van der Waals surface area contributed by atoms with Gasteiger partial charge >= 0.3 is 0 Å². The molecule has 2 aromatic rings. The first-order chi connectivity index (χ1) is 14.3. The molecule has 2 heterocycles. The van der Waals surface area contributed by atoms with Crippen LogP contribution < -0.4 is 10.0 Å². The van der Waals surface area contributed by atoms with Crippen LogP contribution in [0.15, 0.2) is 46.5 Å². The Labute approximate surface area is 181 Å². The standard InChI is InChI=1S/C19H26N6O3S2/c1-13(11-26)20-16-9-17(24-30(27,28)18-10-25(3)14(2)21-18)23-19(22-16)29-12-15-7-5-4-6-8-15/h4-9,13,18,26H,10-12H2,1-3H3,(H2,20,22,23,24)/t13-,18?/m1/s1. The average Bonchev–Trinajstić information content (AvgIpc) is 3.06. The second kappa shape index (κ2) is 9.63. The number of benzene rings is 1. The monoisotopic (exact) mass is 450 g/mol. The summed E-state index contributed by atoms with van der Waals surface area (Å²) < 4.78 is 28.1. The molecule has 1 unspecified atom stereocenters. The molecule has 0 saturated heterocycles. The van der Waals surface area contributed by atoms with E-state index in [9.17, 15) is 13.5 Å². The van der Waals surface area contributed by atoms with Crippen LogP contribution in [-0.2, 0) is 15.8 Å². The minimum absolute atomic E-state index is 0.0834. The highest BCUT2D eigenvalue weighted by Gasteiger charge is 2.32. The Morgan fingerprint density at radius 1 is 1.27 bits per heavy atom. The number of hydrogen-bond donors (Lipinski definition) is 3. The lowest BCUT2D eigenvalue weighted by atomic mass is 10.2. The van der Waals surface area contributed by atoms with Gasteiger partial charge < -0.3 is 15.3 Å². The molecule has 0 bridgehead atoms. The molecule has 30 heavy (non-hydrogen) atoms. The average molecular weight is 451 g/mol. The van der Waals surface area contributed by atoms with Crippen molar-refractivity contribution >= 4 is 39.3 Å². The second-order valence-electron chi connectivity index (χ2n) is 7.08. The molecule has 162 valence electrons. The van der Waals surface area contributed by atoms with E-state index in [4.69, 9.17) is 0 Å². The van der Waals surface area contributed by atoms with E-state index in [0.717, 1.165) is 5.56 Å². The van der Waals surface area contributed by atoms with Gasteiger partial charge in [-0.1, -0.05) is 42.1 Å². The number of aliphatic hydroxyl groups is 1. The number of hydrogen-bond acceptors (Lipinski definition) is 9. The van der Waals surface area contributed by atoms with E-state index in [0.29, 0.717) is 22.6 Å². The number of nitrogens with zero attached hydrogens (tertiary/aromatic N) is 4. The predicted molar refractivity (Wildman–Crippen MR) is 120 cm³/mol. The molecule has 0 saturated carbocycles. The number of aliphatic hydroxyl groups excluding tert-OH is 1. The fourth-order valence-electron chi connectivity index (χ4n) is 2.73. The van der Waals surface area contributed by atoms with Gasteiger partial charge in [0.05, 0.1) is 19.0 Å². The van der Waals surface area contributed by atoms with Crippen molar-refractivity contribution in [3.05, 3.63) is 42.0 Å². The van der Waals surface area contributed by atoms with E-state index < -0.39 is 15.4 Å². The van der Waals surface area contributed by atoms with Crippen molar-refractivity contribution in [2.24, 2.45) is 4.99 Å². The molecule has 3 rings (SSSR count). The fourth-order valence-corrected chi connectivity index (χ4v) is 4.79. The normalized spacial score (nSPS) is 17.5. The van der Waals surface area contributed by atoms with Crippen LogP contribution in [0, 0.1) is 0 Å². The molecule has 0 spiro atoms. The van der Waals surface area contributed by atoms with Crippen molar-refractivity contribution in [3.8, 4) is 0 Å².